The minimum atomic E-state index is -1.24. The van der Waals surface area contributed by atoms with Crippen LogP contribution in [0, 0.1) is 11.3 Å². The first-order chi connectivity index (χ1) is 10.2. The van der Waals surface area contributed by atoms with Crippen LogP contribution in [-0.2, 0) is 11.2 Å². The second-order valence-corrected chi connectivity index (χ2v) is 6.31. The van der Waals surface area contributed by atoms with E-state index in [9.17, 15) is 4.55 Å². The lowest BCUT2D eigenvalue weighted by molar-refractivity contribution is 0.574. The molecule has 6 nitrogen and oxygen atoms in total. The average Bonchev–Trinajstić information content (AvgIpc) is 2.54. The number of aromatic nitrogens is 3. The summed E-state index contributed by atoms with van der Waals surface area (Å²) < 4.78 is 11.6. The van der Waals surface area contributed by atoms with Gasteiger partial charge in [-0.1, -0.05) is 0 Å². The molecule has 1 aliphatic rings. The Kier molecular flexibility index (Phi) is 3.90. The molecule has 1 unspecified atom stereocenters. The van der Waals surface area contributed by atoms with Crippen LogP contribution in [0.3, 0.4) is 0 Å². The molecule has 7 heteroatoms. The molecule has 2 aromatic heterocycles. The summed E-state index contributed by atoms with van der Waals surface area (Å²) in [5.41, 5.74) is 1.04. The van der Waals surface area contributed by atoms with Crippen molar-refractivity contribution in [2.45, 2.75) is 24.4 Å². The Bertz CT molecular complexity index is 706. The first-order valence-electron chi connectivity index (χ1n) is 6.85. The van der Waals surface area contributed by atoms with Gasteiger partial charge >= 0.3 is 5.16 Å². The summed E-state index contributed by atoms with van der Waals surface area (Å²) in [5, 5.41) is 10.2. The topological polar surface area (TPSA) is 88.8 Å². The zero-order chi connectivity index (χ0) is 14.8. The Hall–Kier alpha value is -1.91. The van der Waals surface area contributed by atoms with Gasteiger partial charge in [0.1, 0.15) is 23.5 Å². The van der Waals surface area contributed by atoms with Gasteiger partial charge in [-0.2, -0.15) is 15.2 Å². The molecule has 108 valence electrons. The maximum atomic E-state index is 11.6. The highest BCUT2D eigenvalue weighted by atomic mass is 32.2. The van der Waals surface area contributed by atoms with Gasteiger partial charge in [-0.05, 0) is 25.3 Å². The Morgan fingerprint density at radius 2 is 2.05 bits per heavy atom. The van der Waals surface area contributed by atoms with Gasteiger partial charge in [0.25, 0.3) is 0 Å². The molecule has 0 bridgehead atoms. The number of fused-ring (bicyclic) bond motifs is 1. The normalized spacial score (nSPS) is 16.7. The van der Waals surface area contributed by atoms with Gasteiger partial charge in [0.05, 0.1) is 0 Å². The molecule has 1 atom stereocenters. The standard InChI is InChI=1S/C14H15N5OS/c1-21(20)14-16-9-10-7-11(8-15)17-13(12(10)18-14)19-5-3-2-4-6-19/h7,9H,2-6H2,1H3. The first-order valence-corrected chi connectivity index (χ1v) is 8.41. The molecular formula is C14H15N5OS. The highest BCUT2D eigenvalue weighted by Gasteiger charge is 2.19. The Balaban J connectivity index is 2.18. The van der Waals surface area contributed by atoms with Gasteiger partial charge in [0.15, 0.2) is 5.82 Å². The zero-order valence-electron chi connectivity index (χ0n) is 11.7. The fraction of sp³-hybridized carbons (Fsp3) is 0.429. The molecular weight excluding hydrogens is 286 g/mol. The molecule has 0 radical (unpaired) electrons. The third kappa shape index (κ3) is 2.77. The number of anilines is 1. The van der Waals surface area contributed by atoms with Crippen LogP contribution in [0.25, 0.3) is 10.9 Å². The van der Waals surface area contributed by atoms with Crippen molar-refractivity contribution in [2.24, 2.45) is 0 Å². The molecule has 0 aliphatic carbocycles. The average molecular weight is 301 g/mol. The molecule has 0 aromatic carbocycles. The van der Waals surface area contributed by atoms with Crippen molar-refractivity contribution >= 4 is 27.9 Å². The van der Waals surface area contributed by atoms with Crippen LogP contribution in [0.4, 0.5) is 5.82 Å². The van der Waals surface area contributed by atoms with Gasteiger partial charge < -0.3 is 9.45 Å². The van der Waals surface area contributed by atoms with E-state index in [1.807, 2.05) is 0 Å². The Labute approximate surface area is 126 Å². The van der Waals surface area contributed by atoms with Gasteiger partial charge in [-0.25, -0.2) is 4.98 Å². The summed E-state index contributed by atoms with van der Waals surface area (Å²) in [6, 6.07) is 3.75. The van der Waals surface area contributed by atoms with Crippen molar-refractivity contribution in [2.75, 3.05) is 24.2 Å². The molecule has 1 aliphatic heterocycles. The second kappa shape index (κ2) is 5.84. The van der Waals surface area contributed by atoms with E-state index >= 15 is 0 Å². The monoisotopic (exact) mass is 301 g/mol. The van der Waals surface area contributed by atoms with Crippen LogP contribution in [-0.4, -0.2) is 38.8 Å². The molecule has 21 heavy (non-hydrogen) atoms. The molecule has 0 N–H and O–H groups in total. The largest absolute Gasteiger partial charge is 0.609 e. The van der Waals surface area contributed by atoms with Gasteiger partial charge in [0.2, 0.25) is 0 Å². The van der Waals surface area contributed by atoms with E-state index in [4.69, 9.17) is 5.26 Å². The number of rotatable bonds is 2. The third-order valence-corrected chi connectivity index (χ3v) is 4.26. The van der Waals surface area contributed by atoms with Crippen molar-refractivity contribution in [1.29, 1.82) is 5.26 Å². The van der Waals surface area contributed by atoms with Crippen molar-refractivity contribution in [3.8, 4) is 6.07 Å². The van der Waals surface area contributed by atoms with Crippen LogP contribution in [0.15, 0.2) is 17.4 Å². The summed E-state index contributed by atoms with van der Waals surface area (Å²) in [6.45, 7) is 1.82. The third-order valence-electron chi connectivity index (χ3n) is 3.55. The molecule has 3 heterocycles. The summed E-state index contributed by atoms with van der Waals surface area (Å²) in [5.74, 6) is 0.706. The number of hydrogen-bond acceptors (Lipinski definition) is 6. The number of nitrogens with zero attached hydrogens (tertiary/aromatic N) is 5. The zero-order valence-corrected chi connectivity index (χ0v) is 12.6. The summed E-state index contributed by atoms with van der Waals surface area (Å²) in [7, 11) is 0. The SMILES string of the molecule is C[S+]([O-])c1ncc2cc(C#N)nc(N3CCCCC3)c2n1. The van der Waals surface area contributed by atoms with Crippen molar-refractivity contribution in [3.05, 3.63) is 18.0 Å². The van der Waals surface area contributed by atoms with E-state index in [-0.39, 0.29) is 0 Å². The second-order valence-electron chi connectivity index (χ2n) is 5.04. The molecule has 1 fully saturated rings. The van der Waals surface area contributed by atoms with Crippen LogP contribution in [0.5, 0.6) is 0 Å². The van der Waals surface area contributed by atoms with E-state index in [0.29, 0.717) is 22.2 Å². The number of hydrogen-bond donors (Lipinski definition) is 0. The lowest BCUT2D eigenvalue weighted by atomic mass is 10.1. The Morgan fingerprint density at radius 3 is 2.71 bits per heavy atom. The highest BCUT2D eigenvalue weighted by molar-refractivity contribution is 7.90. The smallest absolute Gasteiger partial charge is 0.343 e. The molecule has 0 amide bonds. The minimum absolute atomic E-state index is 0.298. The molecule has 1 saturated heterocycles. The van der Waals surface area contributed by atoms with Crippen LogP contribution in [0.1, 0.15) is 25.0 Å². The van der Waals surface area contributed by atoms with Gasteiger partial charge in [0, 0.05) is 35.8 Å². The minimum Gasteiger partial charge on any atom is -0.609 e. The molecule has 0 spiro atoms. The van der Waals surface area contributed by atoms with Crippen LogP contribution >= 0.6 is 0 Å². The molecule has 2 aromatic rings. The van der Waals surface area contributed by atoms with Gasteiger partial charge in [-0.15, -0.1) is 0 Å². The summed E-state index contributed by atoms with van der Waals surface area (Å²) >= 11 is -1.24. The fourth-order valence-electron chi connectivity index (χ4n) is 2.53. The Morgan fingerprint density at radius 1 is 1.29 bits per heavy atom. The van der Waals surface area contributed by atoms with E-state index in [2.05, 4.69) is 25.9 Å². The van der Waals surface area contributed by atoms with Crippen molar-refractivity contribution in [1.82, 2.24) is 15.0 Å². The summed E-state index contributed by atoms with van der Waals surface area (Å²) in [6.07, 6.45) is 6.61. The van der Waals surface area contributed by atoms with E-state index in [0.717, 1.165) is 31.3 Å². The van der Waals surface area contributed by atoms with E-state index < -0.39 is 11.2 Å². The highest BCUT2D eigenvalue weighted by Crippen LogP contribution is 2.26. The number of nitriles is 1. The fourth-order valence-corrected chi connectivity index (χ4v) is 2.95. The maximum absolute atomic E-state index is 11.6. The predicted molar refractivity (Wildman–Crippen MR) is 80.4 cm³/mol. The van der Waals surface area contributed by atoms with Crippen molar-refractivity contribution < 1.29 is 4.55 Å². The van der Waals surface area contributed by atoms with Crippen LogP contribution < -0.4 is 4.90 Å². The maximum Gasteiger partial charge on any atom is 0.343 e. The van der Waals surface area contributed by atoms with E-state index in [1.54, 1.807) is 18.5 Å². The predicted octanol–water partition coefficient (Wildman–Crippen LogP) is 1.62. The number of pyridine rings is 1. The number of piperidine rings is 1. The van der Waals surface area contributed by atoms with Crippen molar-refractivity contribution in [3.63, 3.8) is 0 Å². The molecule has 3 rings (SSSR count). The quantitative estimate of drug-likeness (QED) is 0.618. The van der Waals surface area contributed by atoms with E-state index in [1.165, 1.54) is 6.42 Å². The first kappa shape index (κ1) is 14.0. The lowest BCUT2D eigenvalue weighted by Crippen LogP contribution is -2.30. The molecule has 0 saturated carbocycles. The van der Waals surface area contributed by atoms with Gasteiger partial charge in [-0.3, -0.25) is 0 Å². The van der Waals surface area contributed by atoms with Crippen LogP contribution in [0.2, 0.25) is 0 Å². The summed E-state index contributed by atoms with van der Waals surface area (Å²) in [4.78, 5) is 15.1. The lowest BCUT2D eigenvalue weighted by Gasteiger charge is -2.28.